The highest BCUT2D eigenvalue weighted by Crippen LogP contribution is 2.44. The van der Waals surface area contributed by atoms with Crippen molar-refractivity contribution in [2.75, 3.05) is 0 Å². The van der Waals surface area contributed by atoms with Crippen LogP contribution < -0.4 is 0 Å². The number of hydrogen-bond acceptors (Lipinski definition) is 6. The summed E-state index contributed by atoms with van der Waals surface area (Å²) in [5, 5.41) is 7.41. The van der Waals surface area contributed by atoms with Crippen LogP contribution in [0.1, 0.15) is 0 Å². The third kappa shape index (κ3) is 5.07. The minimum atomic E-state index is 0.546. The van der Waals surface area contributed by atoms with E-state index in [-0.39, 0.29) is 0 Å². The highest BCUT2D eigenvalue weighted by atomic mass is 32.1. The van der Waals surface area contributed by atoms with Crippen LogP contribution >= 0.6 is 11.3 Å². The predicted molar refractivity (Wildman–Crippen MR) is 222 cm³/mol. The van der Waals surface area contributed by atoms with E-state index in [2.05, 4.69) is 127 Å². The number of rotatable bonds is 5. The molecule has 0 unspecified atom stereocenters. The second-order valence-corrected chi connectivity index (χ2v) is 14.5. The van der Waals surface area contributed by atoms with Gasteiger partial charge in [0.2, 0.25) is 0 Å². The molecule has 0 atom stereocenters. The Kier molecular flexibility index (Phi) is 6.97. The first kappa shape index (κ1) is 30.6. The summed E-state index contributed by atoms with van der Waals surface area (Å²) in [5.41, 5.74) is 8.37. The number of para-hydroxylation sites is 1. The lowest BCUT2D eigenvalue weighted by Crippen LogP contribution is -2.01. The topological polar surface area (TPSA) is 64.7 Å². The number of nitrogens with zero attached hydrogens (tertiary/aromatic N) is 4. The summed E-state index contributed by atoms with van der Waals surface area (Å²) in [4.78, 5) is 21.3. The third-order valence-corrected chi connectivity index (χ3v) is 11.2. The summed E-state index contributed by atoms with van der Waals surface area (Å²) in [6.45, 7) is 0. The van der Waals surface area contributed by atoms with E-state index in [1.807, 2.05) is 42.5 Å². The first-order chi connectivity index (χ1) is 26.7. The Bertz CT molecular complexity index is 3220. The van der Waals surface area contributed by atoms with Gasteiger partial charge in [-0.05, 0) is 56.9 Å². The van der Waals surface area contributed by atoms with E-state index in [1.54, 1.807) is 11.3 Å². The van der Waals surface area contributed by atoms with Crippen molar-refractivity contribution >= 4 is 65.0 Å². The standard InChI is InChI=1S/C48H28N4OS/c1-3-14-30(15-4-1)38-27-35(26-33-19-9-10-20-36(33)38)46-50-45(34-24-23-29-13-7-8-18-32(29)25-34)51-47(52-46)43-42-37-21-11-12-22-39(37)53-40(42)28-41-44(43)49-48(54-41)31-16-5-2-6-17-31/h1-28H. The summed E-state index contributed by atoms with van der Waals surface area (Å²) < 4.78 is 7.54. The minimum absolute atomic E-state index is 0.546. The fraction of sp³-hybridized carbons (Fsp3) is 0. The van der Waals surface area contributed by atoms with Gasteiger partial charge in [-0.25, -0.2) is 19.9 Å². The molecule has 0 radical (unpaired) electrons. The molecule has 0 fully saturated rings. The molecule has 0 spiro atoms. The minimum Gasteiger partial charge on any atom is -0.456 e. The molecule has 6 heteroatoms. The van der Waals surface area contributed by atoms with Gasteiger partial charge in [-0.1, -0.05) is 140 Å². The molecular weight excluding hydrogens is 681 g/mol. The van der Waals surface area contributed by atoms with Crippen molar-refractivity contribution in [3.8, 4) is 55.9 Å². The molecule has 11 aromatic rings. The Balaban J connectivity index is 1.24. The number of thiazole rings is 1. The molecule has 3 aromatic heterocycles. The average Bonchev–Trinajstić information content (AvgIpc) is 3.84. The monoisotopic (exact) mass is 708 g/mol. The summed E-state index contributed by atoms with van der Waals surface area (Å²) in [6, 6.07) is 58.7. The molecule has 0 N–H and O–H groups in total. The van der Waals surface area contributed by atoms with E-state index in [0.29, 0.717) is 17.5 Å². The van der Waals surface area contributed by atoms with Crippen LogP contribution in [0.15, 0.2) is 174 Å². The van der Waals surface area contributed by atoms with Crippen LogP contribution in [-0.2, 0) is 0 Å². The fourth-order valence-corrected chi connectivity index (χ4v) is 8.57. The van der Waals surface area contributed by atoms with Crippen LogP contribution in [0, 0.1) is 0 Å². The van der Waals surface area contributed by atoms with E-state index in [1.165, 1.54) is 5.39 Å². The molecule has 0 amide bonds. The number of hydrogen-bond donors (Lipinski definition) is 0. The molecule has 0 aliphatic rings. The smallest absolute Gasteiger partial charge is 0.167 e. The average molecular weight is 709 g/mol. The molecule has 3 heterocycles. The van der Waals surface area contributed by atoms with Gasteiger partial charge < -0.3 is 4.42 Å². The number of aromatic nitrogens is 4. The maximum absolute atomic E-state index is 6.54. The third-order valence-electron chi connectivity index (χ3n) is 10.1. The molecule has 0 aliphatic carbocycles. The van der Waals surface area contributed by atoms with Gasteiger partial charge in [-0.2, -0.15) is 0 Å². The molecule has 8 aromatic carbocycles. The summed E-state index contributed by atoms with van der Waals surface area (Å²) in [5.74, 6) is 1.72. The zero-order valence-corrected chi connectivity index (χ0v) is 29.6. The summed E-state index contributed by atoms with van der Waals surface area (Å²) in [7, 11) is 0. The van der Waals surface area contributed by atoms with Gasteiger partial charge in [0.05, 0.1) is 15.8 Å². The molecule has 11 rings (SSSR count). The first-order valence-electron chi connectivity index (χ1n) is 17.9. The van der Waals surface area contributed by atoms with Crippen molar-refractivity contribution < 1.29 is 4.42 Å². The lowest BCUT2D eigenvalue weighted by molar-refractivity contribution is 0.669. The maximum atomic E-state index is 6.54. The molecule has 54 heavy (non-hydrogen) atoms. The first-order valence-corrected chi connectivity index (χ1v) is 18.7. The van der Waals surface area contributed by atoms with Crippen molar-refractivity contribution in [2.24, 2.45) is 0 Å². The fourth-order valence-electron chi connectivity index (χ4n) is 7.56. The summed E-state index contributed by atoms with van der Waals surface area (Å²) in [6.07, 6.45) is 0. The molecule has 0 saturated carbocycles. The number of furan rings is 1. The van der Waals surface area contributed by atoms with Gasteiger partial charge in [0, 0.05) is 33.5 Å². The molecular formula is C48H28N4OS. The Hall–Kier alpha value is -7.02. The van der Waals surface area contributed by atoms with Crippen LogP contribution in [0.4, 0.5) is 0 Å². The van der Waals surface area contributed by atoms with Crippen molar-refractivity contribution in [3.63, 3.8) is 0 Å². The number of fused-ring (bicyclic) bond motifs is 6. The zero-order valence-electron chi connectivity index (χ0n) is 28.8. The van der Waals surface area contributed by atoms with E-state index in [4.69, 9.17) is 24.4 Å². The van der Waals surface area contributed by atoms with Crippen molar-refractivity contribution in [2.45, 2.75) is 0 Å². The Morgan fingerprint density at radius 1 is 0.407 bits per heavy atom. The molecule has 252 valence electrons. The van der Waals surface area contributed by atoms with Gasteiger partial charge in [-0.3, -0.25) is 0 Å². The van der Waals surface area contributed by atoms with E-state index in [0.717, 1.165) is 86.7 Å². The normalized spacial score (nSPS) is 11.7. The van der Waals surface area contributed by atoms with E-state index >= 15 is 0 Å². The second-order valence-electron chi connectivity index (χ2n) is 13.4. The largest absolute Gasteiger partial charge is 0.456 e. The molecule has 0 saturated heterocycles. The Labute approximate surface area is 313 Å². The van der Waals surface area contributed by atoms with Crippen LogP contribution in [0.5, 0.6) is 0 Å². The van der Waals surface area contributed by atoms with Crippen LogP contribution in [0.2, 0.25) is 0 Å². The van der Waals surface area contributed by atoms with Gasteiger partial charge in [0.1, 0.15) is 16.2 Å². The number of benzene rings is 8. The van der Waals surface area contributed by atoms with Gasteiger partial charge in [0.15, 0.2) is 17.5 Å². The Morgan fingerprint density at radius 2 is 1.04 bits per heavy atom. The second kappa shape index (κ2) is 12.3. The highest BCUT2D eigenvalue weighted by Gasteiger charge is 2.24. The van der Waals surface area contributed by atoms with Crippen LogP contribution in [-0.4, -0.2) is 19.9 Å². The summed E-state index contributed by atoms with van der Waals surface area (Å²) >= 11 is 1.65. The molecule has 0 aliphatic heterocycles. The van der Waals surface area contributed by atoms with Gasteiger partial charge >= 0.3 is 0 Å². The lowest BCUT2D eigenvalue weighted by atomic mass is 9.95. The quantitative estimate of drug-likeness (QED) is 0.178. The lowest BCUT2D eigenvalue weighted by Gasteiger charge is -2.13. The van der Waals surface area contributed by atoms with Crippen LogP contribution in [0.25, 0.3) is 110 Å². The van der Waals surface area contributed by atoms with Crippen molar-refractivity contribution in [1.29, 1.82) is 0 Å². The maximum Gasteiger partial charge on any atom is 0.167 e. The molecule has 0 bridgehead atoms. The van der Waals surface area contributed by atoms with E-state index < -0.39 is 0 Å². The van der Waals surface area contributed by atoms with Gasteiger partial charge in [0.25, 0.3) is 0 Å². The Morgan fingerprint density at radius 3 is 1.85 bits per heavy atom. The van der Waals surface area contributed by atoms with Crippen molar-refractivity contribution in [1.82, 2.24) is 19.9 Å². The van der Waals surface area contributed by atoms with E-state index in [9.17, 15) is 0 Å². The van der Waals surface area contributed by atoms with Gasteiger partial charge in [-0.15, -0.1) is 11.3 Å². The SMILES string of the molecule is c1ccc(-c2nc3c(-c4nc(-c5ccc6ccccc6c5)nc(-c5cc(-c6ccccc6)c6ccccc6c5)n4)c4c(cc3s2)oc2ccccc24)cc1. The molecule has 5 nitrogen and oxygen atoms in total. The van der Waals surface area contributed by atoms with Crippen molar-refractivity contribution in [3.05, 3.63) is 170 Å². The zero-order chi connectivity index (χ0) is 35.6. The highest BCUT2D eigenvalue weighted by molar-refractivity contribution is 7.21. The van der Waals surface area contributed by atoms with Crippen LogP contribution in [0.3, 0.4) is 0 Å². The predicted octanol–water partition coefficient (Wildman–Crippen LogP) is 13.0.